The highest BCUT2D eigenvalue weighted by Crippen LogP contribution is 2.22. The van der Waals surface area contributed by atoms with Gasteiger partial charge in [0.1, 0.15) is 5.69 Å². The maximum absolute atomic E-state index is 13.3. The van der Waals surface area contributed by atoms with Gasteiger partial charge < -0.3 is 4.74 Å². The van der Waals surface area contributed by atoms with Crippen molar-refractivity contribution < 1.29 is 18.9 Å². The van der Waals surface area contributed by atoms with Gasteiger partial charge >= 0.3 is 12.0 Å². The van der Waals surface area contributed by atoms with E-state index in [0.717, 1.165) is 23.4 Å². The Morgan fingerprint density at radius 2 is 1.90 bits per heavy atom. The second-order valence-electron chi connectivity index (χ2n) is 8.08. The van der Waals surface area contributed by atoms with Crippen molar-refractivity contribution in [2.45, 2.75) is 47.1 Å². The van der Waals surface area contributed by atoms with Crippen molar-refractivity contribution in [1.29, 1.82) is 0 Å². The highest BCUT2D eigenvalue weighted by Gasteiger charge is 2.53. The Hall–Kier alpha value is -2.55. The van der Waals surface area contributed by atoms with Crippen molar-refractivity contribution in [2.75, 3.05) is 33.9 Å². The molecule has 0 aromatic carbocycles. The highest BCUT2D eigenvalue weighted by molar-refractivity contribution is 6.23. The lowest BCUT2D eigenvalue weighted by Crippen LogP contribution is -2.63. The first-order valence-electron chi connectivity index (χ1n) is 10.0. The van der Waals surface area contributed by atoms with Gasteiger partial charge in [-0.15, -0.1) is 9.78 Å². The second-order valence-corrected chi connectivity index (χ2v) is 8.08. The lowest BCUT2D eigenvalue weighted by Gasteiger charge is -2.34. The number of methoxy groups -OCH3 is 1. The molecule has 9 heteroatoms. The summed E-state index contributed by atoms with van der Waals surface area (Å²) < 4.78 is 8.87. The van der Waals surface area contributed by atoms with Crippen molar-refractivity contribution in [1.82, 2.24) is 19.6 Å². The van der Waals surface area contributed by atoms with Crippen molar-refractivity contribution in [2.24, 2.45) is 10.9 Å². The van der Waals surface area contributed by atoms with Gasteiger partial charge in [0.25, 0.3) is 5.91 Å². The van der Waals surface area contributed by atoms with E-state index in [0.29, 0.717) is 30.9 Å². The van der Waals surface area contributed by atoms with E-state index in [4.69, 9.17) is 9.73 Å². The van der Waals surface area contributed by atoms with Crippen molar-refractivity contribution in [3.05, 3.63) is 17.0 Å². The van der Waals surface area contributed by atoms with E-state index >= 15 is 0 Å². The number of amides is 3. The minimum atomic E-state index is -0.632. The number of urea groups is 1. The zero-order chi connectivity index (χ0) is 21.5. The predicted molar refractivity (Wildman–Crippen MR) is 109 cm³/mol. The number of nitrogens with zero attached hydrogens (tertiary/aromatic N) is 6. The Balaban J connectivity index is 2.10. The van der Waals surface area contributed by atoms with Crippen LogP contribution in [-0.2, 0) is 9.53 Å². The molecule has 0 aliphatic carbocycles. The number of aromatic nitrogens is 2. The summed E-state index contributed by atoms with van der Waals surface area (Å²) in [4.78, 5) is 33.5. The summed E-state index contributed by atoms with van der Waals surface area (Å²) in [6.45, 7) is 11.4. The molecular formula is C20H31N6O3+. The highest BCUT2D eigenvalue weighted by atomic mass is 16.5. The number of aliphatic imine (C=N–C) groups is 1. The number of rotatable bonds is 6. The van der Waals surface area contributed by atoms with Crippen LogP contribution in [0.1, 0.15) is 37.2 Å². The van der Waals surface area contributed by atoms with Crippen LogP contribution >= 0.6 is 0 Å². The van der Waals surface area contributed by atoms with E-state index in [1.165, 1.54) is 9.80 Å². The standard InChI is InChI=1S/C20H31N6O3/c1-12(2)8-9-24-16-17(21-19(24)26-15(5)13(3)14(4)22-26)23(6)20(28)25(18(16)27)10-11-29-7/h12,16H,8-11H2,1-7H3/q+1. The Kier molecular flexibility index (Phi) is 5.88. The number of ether oxygens (including phenoxy) is 1. The van der Waals surface area contributed by atoms with E-state index in [-0.39, 0.29) is 18.5 Å². The summed E-state index contributed by atoms with van der Waals surface area (Å²) in [5.41, 5.74) is 2.99. The minimum absolute atomic E-state index is 0.217. The number of carbonyl (C=O) groups is 2. The van der Waals surface area contributed by atoms with Gasteiger partial charge in [0.2, 0.25) is 11.9 Å². The van der Waals surface area contributed by atoms with Crippen LogP contribution in [0, 0.1) is 26.7 Å². The van der Waals surface area contributed by atoms with Crippen LogP contribution in [-0.4, -0.2) is 87.8 Å². The zero-order valence-electron chi connectivity index (χ0n) is 18.4. The van der Waals surface area contributed by atoms with Crippen LogP contribution in [0.15, 0.2) is 4.99 Å². The molecule has 1 aromatic heterocycles. The van der Waals surface area contributed by atoms with Gasteiger partial charge in [0, 0.05) is 19.7 Å². The second kappa shape index (κ2) is 8.06. The van der Waals surface area contributed by atoms with E-state index in [1.54, 1.807) is 18.8 Å². The van der Waals surface area contributed by atoms with Gasteiger partial charge in [-0.3, -0.25) is 14.6 Å². The Morgan fingerprint density at radius 3 is 2.45 bits per heavy atom. The Morgan fingerprint density at radius 1 is 1.21 bits per heavy atom. The summed E-state index contributed by atoms with van der Waals surface area (Å²) in [7, 11) is 3.22. The molecule has 1 unspecified atom stereocenters. The molecule has 1 fully saturated rings. The molecular weight excluding hydrogens is 372 g/mol. The molecule has 0 N–H and O–H groups in total. The molecule has 3 rings (SSSR count). The first kappa shape index (κ1) is 21.2. The largest absolute Gasteiger partial charge is 0.421 e. The van der Waals surface area contributed by atoms with E-state index < -0.39 is 6.04 Å². The van der Waals surface area contributed by atoms with E-state index in [9.17, 15) is 9.59 Å². The molecule has 0 saturated carbocycles. The zero-order valence-corrected chi connectivity index (χ0v) is 18.4. The van der Waals surface area contributed by atoms with Crippen LogP contribution in [0.4, 0.5) is 4.79 Å². The molecule has 29 heavy (non-hydrogen) atoms. The average molecular weight is 404 g/mol. The molecule has 3 amide bonds. The van der Waals surface area contributed by atoms with Crippen LogP contribution in [0.25, 0.3) is 0 Å². The predicted octanol–water partition coefficient (Wildman–Crippen LogP) is 1.39. The average Bonchev–Trinajstić information content (AvgIpc) is 3.17. The monoisotopic (exact) mass is 403 g/mol. The van der Waals surface area contributed by atoms with E-state index in [2.05, 4.69) is 18.9 Å². The third-order valence-corrected chi connectivity index (χ3v) is 5.70. The fraction of sp³-hybridized carbons (Fsp3) is 0.650. The minimum Gasteiger partial charge on any atom is -0.383 e. The molecule has 158 valence electrons. The van der Waals surface area contributed by atoms with Gasteiger partial charge in [-0.2, -0.15) is 0 Å². The van der Waals surface area contributed by atoms with Gasteiger partial charge in [0.15, 0.2) is 0 Å². The number of hydrogen-bond donors (Lipinski definition) is 0. The molecule has 1 aromatic rings. The first-order valence-corrected chi connectivity index (χ1v) is 10.0. The van der Waals surface area contributed by atoms with Crippen LogP contribution < -0.4 is 0 Å². The third-order valence-electron chi connectivity index (χ3n) is 5.70. The maximum atomic E-state index is 13.3. The molecule has 9 nitrogen and oxygen atoms in total. The number of hydrogen-bond acceptors (Lipinski definition) is 5. The Labute approximate surface area is 171 Å². The van der Waals surface area contributed by atoms with Gasteiger partial charge in [-0.25, -0.2) is 9.37 Å². The summed E-state index contributed by atoms with van der Waals surface area (Å²) in [6, 6.07) is -1.01. The third kappa shape index (κ3) is 3.59. The molecule has 0 radical (unpaired) electrons. The number of amidine groups is 1. The molecule has 2 aliphatic rings. The molecule has 0 spiro atoms. The number of carbonyl (C=O) groups excluding carboxylic acids is 2. The van der Waals surface area contributed by atoms with Crippen molar-refractivity contribution in [3.8, 4) is 0 Å². The normalized spacial score (nSPS) is 19.6. The van der Waals surface area contributed by atoms with Crippen LogP contribution in [0.3, 0.4) is 0 Å². The maximum Gasteiger partial charge on any atom is 0.421 e. The quantitative estimate of drug-likeness (QED) is 0.672. The summed E-state index contributed by atoms with van der Waals surface area (Å²) >= 11 is 0. The number of fused-ring (bicyclic) bond motifs is 1. The molecule has 3 heterocycles. The summed E-state index contributed by atoms with van der Waals surface area (Å²) in [6.07, 6.45) is 0.893. The van der Waals surface area contributed by atoms with Crippen LogP contribution in [0.2, 0.25) is 0 Å². The number of imide groups is 1. The van der Waals surface area contributed by atoms with Crippen molar-refractivity contribution in [3.63, 3.8) is 0 Å². The molecule has 0 bridgehead atoms. The molecule has 2 aliphatic heterocycles. The Bertz CT molecular complexity index is 898. The lowest BCUT2D eigenvalue weighted by molar-refractivity contribution is -0.538. The van der Waals surface area contributed by atoms with Gasteiger partial charge in [-0.05, 0) is 33.1 Å². The fourth-order valence-electron chi connectivity index (χ4n) is 3.60. The van der Waals surface area contributed by atoms with Crippen molar-refractivity contribution >= 4 is 23.7 Å². The number of aryl methyl sites for hydroxylation is 1. The lowest BCUT2D eigenvalue weighted by atomic mass is 10.1. The number of likely N-dealkylation sites (N-methyl/N-ethyl adjacent to an activating group) is 1. The fourth-order valence-corrected chi connectivity index (χ4v) is 3.60. The van der Waals surface area contributed by atoms with Gasteiger partial charge in [-0.1, -0.05) is 18.8 Å². The SMILES string of the molecule is COCCN1C(=O)C2C(=NC(n3nc(C)c(C)c3C)=[N+]2CCC(C)C)N(C)C1=O. The first-order chi connectivity index (χ1) is 13.7. The van der Waals surface area contributed by atoms with E-state index in [1.807, 2.05) is 25.3 Å². The van der Waals surface area contributed by atoms with Crippen LogP contribution in [0.5, 0.6) is 0 Å². The summed E-state index contributed by atoms with van der Waals surface area (Å²) in [5.74, 6) is 1.25. The molecule has 1 atom stereocenters. The molecule has 1 saturated heterocycles. The summed E-state index contributed by atoms with van der Waals surface area (Å²) in [5, 5.41) is 4.65. The smallest absolute Gasteiger partial charge is 0.383 e. The topological polar surface area (TPSA) is 83.0 Å². The van der Waals surface area contributed by atoms with Gasteiger partial charge in [0.05, 0.1) is 25.4 Å².